The molecule has 0 radical (unpaired) electrons. The number of aromatic hydroxyl groups is 1. The van der Waals surface area contributed by atoms with E-state index >= 15 is 0 Å². The molecule has 0 amide bonds. The molecule has 0 heterocycles. The van der Waals surface area contributed by atoms with Gasteiger partial charge < -0.3 is 10.2 Å². The van der Waals surface area contributed by atoms with Crippen molar-refractivity contribution < 1.29 is 34.5 Å². The zero-order chi connectivity index (χ0) is 16.7. The van der Waals surface area contributed by atoms with Crippen molar-refractivity contribution in [1.29, 1.82) is 0 Å². The molecule has 0 bridgehead atoms. The molecule has 3 nitrogen and oxygen atoms in total. The zero-order valence-corrected chi connectivity index (χ0v) is 18.0. The second-order valence-electron chi connectivity index (χ2n) is 7.03. The summed E-state index contributed by atoms with van der Waals surface area (Å²) in [5.74, 6) is 0.175. The first kappa shape index (κ1) is 22.1. The monoisotopic (exact) mass is 370 g/mol. The van der Waals surface area contributed by atoms with E-state index in [-0.39, 0.29) is 30.8 Å². The number of carboxylic acids is 1. The van der Waals surface area contributed by atoms with Crippen LogP contribution in [0.5, 0.6) is 5.75 Å². The molecule has 0 fully saturated rings. The van der Waals surface area contributed by atoms with E-state index in [1.807, 2.05) is 6.07 Å². The molecule has 23 heavy (non-hydrogen) atoms. The van der Waals surface area contributed by atoms with Crippen LogP contribution in [-0.4, -0.2) is 16.2 Å². The summed E-state index contributed by atoms with van der Waals surface area (Å²) in [6, 6.07) is 3.62. The van der Waals surface area contributed by atoms with E-state index in [1.54, 1.807) is 6.07 Å². The van der Waals surface area contributed by atoms with Crippen molar-refractivity contribution in [2.45, 2.75) is 66.2 Å². The van der Waals surface area contributed by atoms with Gasteiger partial charge in [0.25, 0.3) is 0 Å². The number of rotatable bonds is 9. The van der Waals surface area contributed by atoms with E-state index in [4.69, 9.17) is 0 Å². The molecule has 0 saturated carbocycles. The number of benzene rings is 1. The Morgan fingerprint density at radius 2 is 1.52 bits per heavy atom. The molecule has 0 aromatic heterocycles. The molecule has 4 heteroatoms. The Morgan fingerprint density at radius 3 is 2.00 bits per heavy atom. The summed E-state index contributed by atoms with van der Waals surface area (Å²) in [4.78, 5) is 11.3. The fourth-order valence-corrected chi connectivity index (χ4v) is 2.67. The SMILES string of the molecule is CC(C)CCCc1cc(CCCC(C)C)c(O)c(C(=O)O)c1.[Zn]. The minimum absolute atomic E-state index is 0. The van der Waals surface area contributed by atoms with E-state index in [1.165, 1.54) is 0 Å². The van der Waals surface area contributed by atoms with Gasteiger partial charge in [0.2, 0.25) is 0 Å². The van der Waals surface area contributed by atoms with Gasteiger partial charge in [-0.1, -0.05) is 46.6 Å². The van der Waals surface area contributed by atoms with Crippen molar-refractivity contribution in [1.82, 2.24) is 0 Å². The van der Waals surface area contributed by atoms with Gasteiger partial charge in [-0.3, -0.25) is 0 Å². The first-order chi connectivity index (χ1) is 10.3. The molecule has 1 aromatic carbocycles. The van der Waals surface area contributed by atoms with Gasteiger partial charge in [-0.15, -0.1) is 0 Å². The Balaban J connectivity index is 0.00000484. The van der Waals surface area contributed by atoms with Crippen LogP contribution < -0.4 is 0 Å². The van der Waals surface area contributed by atoms with Gasteiger partial charge in [0.15, 0.2) is 0 Å². The second-order valence-corrected chi connectivity index (χ2v) is 7.03. The number of carbonyl (C=O) groups is 1. The minimum Gasteiger partial charge on any atom is -0.507 e. The van der Waals surface area contributed by atoms with E-state index in [9.17, 15) is 15.0 Å². The number of aromatic carboxylic acids is 1. The normalized spacial score (nSPS) is 10.9. The maximum Gasteiger partial charge on any atom is 0.339 e. The first-order valence-corrected chi connectivity index (χ1v) is 8.39. The van der Waals surface area contributed by atoms with Crippen LogP contribution in [0.1, 0.15) is 74.9 Å². The third-order valence-electron chi connectivity index (χ3n) is 3.95. The van der Waals surface area contributed by atoms with Crippen LogP contribution in [-0.2, 0) is 32.3 Å². The Morgan fingerprint density at radius 1 is 1.00 bits per heavy atom. The average Bonchev–Trinajstić information content (AvgIpc) is 2.40. The number of aryl methyl sites for hydroxylation is 2. The third-order valence-corrected chi connectivity index (χ3v) is 3.95. The molecule has 1 aromatic rings. The average molecular weight is 372 g/mol. The molecule has 0 saturated heterocycles. The minimum atomic E-state index is -1.05. The summed E-state index contributed by atoms with van der Waals surface area (Å²) in [6.45, 7) is 8.73. The van der Waals surface area contributed by atoms with Gasteiger partial charge in [-0.05, 0) is 54.7 Å². The molecule has 2 N–H and O–H groups in total. The van der Waals surface area contributed by atoms with Crippen molar-refractivity contribution in [2.75, 3.05) is 0 Å². The summed E-state index contributed by atoms with van der Waals surface area (Å²) in [5.41, 5.74) is 1.84. The summed E-state index contributed by atoms with van der Waals surface area (Å²) in [6.07, 6.45) is 5.84. The van der Waals surface area contributed by atoms with Crippen LogP contribution >= 0.6 is 0 Å². The molecule has 0 aliphatic heterocycles. The Labute approximate surface area is 153 Å². The molecule has 0 atom stereocenters. The van der Waals surface area contributed by atoms with Crippen molar-refractivity contribution in [3.63, 3.8) is 0 Å². The van der Waals surface area contributed by atoms with Gasteiger partial charge >= 0.3 is 5.97 Å². The predicted octanol–water partition coefficient (Wildman–Crippen LogP) is 5.05. The Bertz CT molecular complexity index is 496. The topological polar surface area (TPSA) is 57.5 Å². The zero-order valence-electron chi connectivity index (χ0n) is 15.1. The Kier molecular flexibility index (Phi) is 10.4. The number of hydrogen-bond acceptors (Lipinski definition) is 2. The fraction of sp³-hybridized carbons (Fsp3) is 0.632. The van der Waals surface area contributed by atoms with Gasteiger partial charge in [0, 0.05) is 19.5 Å². The van der Waals surface area contributed by atoms with Crippen molar-refractivity contribution in [3.05, 3.63) is 28.8 Å². The molecule has 0 unspecified atom stereocenters. The molecular weight excluding hydrogens is 342 g/mol. The van der Waals surface area contributed by atoms with Crippen molar-refractivity contribution in [2.24, 2.45) is 11.8 Å². The summed E-state index contributed by atoms with van der Waals surface area (Å²) >= 11 is 0. The van der Waals surface area contributed by atoms with Crippen LogP contribution in [0.25, 0.3) is 0 Å². The number of carboxylic acid groups (broad SMARTS) is 1. The van der Waals surface area contributed by atoms with E-state index in [0.717, 1.165) is 49.7 Å². The standard InChI is InChI=1S/C19H30O3.Zn/c1-13(2)7-5-9-15-11-16(10-6-8-14(3)4)18(20)17(12-15)19(21)22;/h11-14,20H,5-10H2,1-4H3,(H,21,22);. The van der Waals surface area contributed by atoms with Gasteiger partial charge in [0.05, 0.1) is 0 Å². The van der Waals surface area contributed by atoms with Crippen molar-refractivity contribution >= 4 is 5.97 Å². The Hall–Kier alpha value is -0.887. The second kappa shape index (κ2) is 10.8. The smallest absolute Gasteiger partial charge is 0.339 e. The fourth-order valence-electron chi connectivity index (χ4n) is 2.67. The molecule has 0 aliphatic rings. The van der Waals surface area contributed by atoms with Crippen LogP contribution in [0.3, 0.4) is 0 Å². The van der Waals surface area contributed by atoms with Gasteiger partial charge in [-0.25, -0.2) is 4.79 Å². The maximum atomic E-state index is 11.3. The van der Waals surface area contributed by atoms with E-state index in [0.29, 0.717) is 11.8 Å². The van der Waals surface area contributed by atoms with Gasteiger partial charge in [0.1, 0.15) is 11.3 Å². The van der Waals surface area contributed by atoms with E-state index in [2.05, 4.69) is 27.7 Å². The van der Waals surface area contributed by atoms with Crippen LogP contribution in [0.15, 0.2) is 12.1 Å². The maximum absolute atomic E-state index is 11.3. The van der Waals surface area contributed by atoms with Gasteiger partial charge in [-0.2, -0.15) is 0 Å². The summed E-state index contributed by atoms with van der Waals surface area (Å²) in [7, 11) is 0. The summed E-state index contributed by atoms with van der Waals surface area (Å²) in [5, 5.41) is 19.5. The molecule has 0 aliphatic carbocycles. The van der Waals surface area contributed by atoms with Crippen LogP contribution in [0.2, 0.25) is 0 Å². The molecule has 126 valence electrons. The van der Waals surface area contributed by atoms with Crippen LogP contribution in [0, 0.1) is 11.8 Å². The van der Waals surface area contributed by atoms with Crippen LogP contribution in [0.4, 0.5) is 0 Å². The molecule has 0 spiro atoms. The third kappa shape index (κ3) is 7.97. The quantitative estimate of drug-likeness (QED) is 0.597. The molecular formula is C19H30O3Zn. The molecule has 1 rings (SSSR count). The van der Waals surface area contributed by atoms with E-state index < -0.39 is 5.97 Å². The first-order valence-electron chi connectivity index (χ1n) is 8.39. The number of phenols is 1. The number of hydrogen-bond donors (Lipinski definition) is 2. The largest absolute Gasteiger partial charge is 0.507 e. The summed E-state index contributed by atoms with van der Waals surface area (Å²) < 4.78 is 0. The predicted molar refractivity (Wildman–Crippen MR) is 90.6 cm³/mol. The van der Waals surface area contributed by atoms with Crippen molar-refractivity contribution in [3.8, 4) is 5.75 Å².